The Labute approximate surface area is 329 Å². The molecular formula is C51H29N5S. The lowest BCUT2D eigenvalue weighted by atomic mass is 10.0. The molecule has 0 aliphatic carbocycles. The minimum Gasteiger partial charge on any atom is -0.309 e. The molecule has 0 bridgehead atoms. The molecule has 5 aromatic heterocycles. The van der Waals surface area contributed by atoms with Gasteiger partial charge in [0.05, 0.1) is 27.6 Å². The number of hydrogen-bond donors (Lipinski definition) is 0. The van der Waals surface area contributed by atoms with Crippen molar-refractivity contribution in [1.82, 2.24) is 23.9 Å². The maximum Gasteiger partial charge on any atom is 0.164 e. The van der Waals surface area contributed by atoms with Crippen LogP contribution in [0.2, 0.25) is 0 Å². The van der Waals surface area contributed by atoms with Crippen LogP contribution in [-0.4, -0.2) is 23.9 Å². The van der Waals surface area contributed by atoms with E-state index in [1.807, 2.05) is 18.2 Å². The van der Waals surface area contributed by atoms with Gasteiger partial charge in [-0.05, 0) is 42.5 Å². The first-order valence-electron chi connectivity index (χ1n) is 19.2. The van der Waals surface area contributed by atoms with Crippen LogP contribution >= 0.6 is 11.3 Å². The van der Waals surface area contributed by atoms with Crippen molar-refractivity contribution in [1.29, 1.82) is 0 Å². The molecule has 8 aromatic carbocycles. The number of fused-ring (bicyclic) bond motifs is 12. The molecule has 0 aliphatic rings. The average Bonchev–Trinajstić information content (AvgIpc) is 4.02. The molecule has 0 spiro atoms. The third-order valence-electron chi connectivity index (χ3n) is 11.7. The van der Waals surface area contributed by atoms with Gasteiger partial charge in [0.15, 0.2) is 17.5 Å². The van der Waals surface area contributed by atoms with Crippen LogP contribution in [0.25, 0.3) is 120 Å². The fraction of sp³-hybridized carbons (Fsp3) is 0. The summed E-state index contributed by atoms with van der Waals surface area (Å²) in [6.45, 7) is 0. The van der Waals surface area contributed by atoms with Crippen LogP contribution in [0.15, 0.2) is 176 Å². The van der Waals surface area contributed by atoms with Crippen LogP contribution in [-0.2, 0) is 0 Å². The molecule has 13 rings (SSSR count). The normalized spacial score (nSPS) is 12.2. The van der Waals surface area contributed by atoms with Gasteiger partial charge in [-0.1, -0.05) is 133 Å². The molecule has 0 saturated heterocycles. The van der Waals surface area contributed by atoms with E-state index in [1.165, 1.54) is 58.3 Å². The predicted molar refractivity (Wildman–Crippen MR) is 238 cm³/mol. The molecule has 6 heteroatoms. The maximum atomic E-state index is 5.36. The summed E-state index contributed by atoms with van der Waals surface area (Å²) in [5.74, 6) is 1.96. The summed E-state index contributed by atoms with van der Waals surface area (Å²) >= 11 is 1.80. The van der Waals surface area contributed by atoms with Crippen LogP contribution in [0.3, 0.4) is 0 Å². The average molecular weight is 744 g/mol. The van der Waals surface area contributed by atoms with E-state index in [1.54, 1.807) is 11.3 Å². The number of para-hydroxylation sites is 3. The van der Waals surface area contributed by atoms with Crippen molar-refractivity contribution >= 4 is 91.4 Å². The first kappa shape index (κ1) is 30.9. The van der Waals surface area contributed by atoms with Gasteiger partial charge in [-0.25, -0.2) is 15.0 Å². The van der Waals surface area contributed by atoms with Gasteiger partial charge in [-0.3, -0.25) is 0 Å². The Kier molecular flexibility index (Phi) is 6.26. The van der Waals surface area contributed by atoms with E-state index >= 15 is 0 Å². The van der Waals surface area contributed by atoms with E-state index in [4.69, 9.17) is 15.0 Å². The summed E-state index contributed by atoms with van der Waals surface area (Å²) in [5, 5.41) is 9.75. The molecule has 57 heavy (non-hydrogen) atoms. The number of aromatic nitrogens is 5. The van der Waals surface area contributed by atoms with Crippen LogP contribution < -0.4 is 0 Å². The number of thiophene rings is 1. The van der Waals surface area contributed by atoms with Crippen molar-refractivity contribution in [3.05, 3.63) is 176 Å². The highest BCUT2D eigenvalue weighted by molar-refractivity contribution is 7.25. The van der Waals surface area contributed by atoms with E-state index in [2.05, 4.69) is 167 Å². The Morgan fingerprint density at radius 1 is 0.368 bits per heavy atom. The molecule has 0 amide bonds. The molecule has 0 atom stereocenters. The highest BCUT2D eigenvalue weighted by Crippen LogP contribution is 2.43. The minimum absolute atomic E-state index is 0.648. The highest BCUT2D eigenvalue weighted by Gasteiger charge is 2.22. The molecule has 264 valence electrons. The summed E-state index contributed by atoms with van der Waals surface area (Å²) in [7, 11) is 0. The minimum atomic E-state index is 0.648. The Morgan fingerprint density at radius 2 is 0.947 bits per heavy atom. The molecule has 0 N–H and O–H groups in total. The molecule has 0 radical (unpaired) electrons. The van der Waals surface area contributed by atoms with Crippen LogP contribution in [0, 0.1) is 0 Å². The first-order valence-corrected chi connectivity index (χ1v) is 20.0. The molecular weight excluding hydrogens is 715 g/mol. The molecule has 0 fully saturated rings. The Balaban J connectivity index is 1.08. The highest BCUT2D eigenvalue weighted by atomic mass is 32.1. The van der Waals surface area contributed by atoms with Gasteiger partial charge in [0.2, 0.25) is 0 Å². The first-order chi connectivity index (χ1) is 28.3. The zero-order chi connectivity index (χ0) is 37.2. The second-order valence-electron chi connectivity index (χ2n) is 14.8. The number of rotatable bonds is 4. The second kappa shape index (κ2) is 11.6. The molecule has 0 aliphatic heterocycles. The fourth-order valence-electron chi connectivity index (χ4n) is 9.34. The number of nitrogens with zero attached hydrogens (tertiary/aromatic N) is 5. The van der Waals surface area contributed by atoms with Gasteiger partial charge >= 0.3 is 0 Å². The number of benzene rings is 8. The summed E-state index contributed by atoms with van der Waals surface area (Å²) in [6, 6.07) is 62.9. The van der Waals surface area contributed by atoms with Crippen LogP contribution in [0.4, 0.5) is 0 Å². The lowest BCUT2D eigenvalue weighted by Gasteiger charge is -2.11. The molecule has 5 nitrogen and oxygen atoms in total. The van der Waals surface area contributed by atoms with Crippen molar-refractivity contribution in [3.63, 3.8) is 0 Å². The van der Waals surface area contributed by atoms with Crippen molar-refractivity contribution in [2.45, 2.75) is 0 Å². The van der Waals surface area contributed by atoms with Crippen molar-refractivity contribution in [2.24, 2.45) is 0 Å². The van der Waals surface area contributed by atoms with Crippen molar-refractivity contribution < 1.29 is 0 Å². The zero-order valence-electron chi connectivity index (χ0n) is 30.4. The smallest absolute Gasteiger partial charge is 0.164 e. The van der Waals surface area contributed by atoms with Gasteiger partial charge in [0.1, 0.15) is 0 Å². The topological polar surface area (TPSA) is 48.0 Å². The third-order valence-corrected chi connectivity index (χ3v) is 12.9. The van der Waals surface area contributed by atoms with E-state index in [0.717, 1.165) is 44.2 Å². The third kappa shape index (κ3) is 4.30. The largest absolute Gasteiger partial charge is 0.309 e. The maximum absolute atomic E-state index is 5.36. The number of hydrogen-bond acceptors (Lipinski definition) is 4. The predicted octanol–water partition coefficient (Wildman–Crippen LogP) is 13.5. The summed E-state index contributed by atoms with van der Waals surface area (Å²) in [5.41, 5.74) is 9.96. The molecule has 0 unspecified atom stereocenters. The molecule has 13 aromatic rings. The van der Waals surface area contributed by atoms with Gasteiger partial charge < -0.3 is 8.97 Å². The lowest BCUT2D eigenvalue weighted by Crippen LogP contribution is -2.01. The second-order valence-corrected chi connectivity index (χ2v) is 15.8. The monoisotopic (exact) mass is 743 g/mol. The van der Waals surface area contributed by atoms with Crippen molar-refractivity contribution in [3.8, 4) is 39.9 Å². The van der Waals surface area contributed by atoms with Crippen LogP contribution in [0.5, 0.6) is 0 Å². The van der Waals surface area contributed by atoms with Crippen LogP contribution in [0.1, 0.15) is 0 Å². The van der Waals surface area contributed by atoms with Gasteiger partial charge in [-0.2, -0.15) is 0 Å². The molecule has 5 heterocycles. The Morgan fingerprint density at radius 3 is 1.77 bits per heavy atom. The fourth-order valence-corrected chi connectivity index (χ4v) is 10.5. The Hall–Kier alpha value is -7.41. The van der Waals surface area contributed by atoms with Gasteiger partial charge in [-0.15, -0.1) is 11.3 Å². The molecule has 0 saturated carbocycles. The van der Waals surface area contributed by atoms with E-state index in [-0.39, 0.29) is 0 Å². The van der Waals surface area contributed by atoms with E-state index in [9.17, 15) is 0 Å². The van der Waals surface area contributed by atoms with Gasteiger partial charge in [0, 0.05) is 74.9 Å². The zero-order valence-corrected chi connectivity index (χ0v) is 31.2. The summed E-state index contributed by atoms with van der Waals surface area (Å²) < 4.78 is 7.32. The SMILES string of the molecule is c1ccc(-c2nc(-c3cccc4sc5ccccc5c34)nc(-c3cccc4c3c3ccccc3n4-c3ccc4c5cccc6c7ccccc7n(c4c3)c65)n2)cc1. The standard InChI is InChI=1S/C51H29N5S/c1-2-13-30(14-3-1)49-52-50(54-51(53-49)39-21-12-26-45-47(39)37-17-6-9-25-44(37)57-45)38-20-11-24-42-46(38)36-16-5-8-23-41(36)55(42)31-27-28-33-35-19-10-18-34-32-15-4-7-22-40(32)56(48(34)35)43(33)29-31/h1-29H. The van der Waals surface area contributed by atoms with Crippen molar-refractivity contribution in [2.75, 3.05) is 0 Å². The van der Waals surface area contributed by atoms with Gasteiger partial charge in [0.25, 0.3) is 0 Å². The summed E-state index contributed by atoms with van der Waals surface area (Å²) in [6.07, 6.45) is 0. The quantitative estimate of drug-likeness (QED) is 0.180. The lowest BCUT2D eigenvalue weighted by molar-refractivity contribution is 1.08. The summed E-state index contributed by atoms with van der Waals surface area (Å²) in [4.78, 5) is 15.8. The van der Waals surface area contributed by atoms with E-state index in [0.29, 0.717) is 17.5 Å². The Bertz CT molecular complexity index is 3760. The van der Waals surface area contributed by atoms with E-state index < -0.39 is 0 Å².